The average molecular weight is 253 g/mol. The lowest BCUT2D eigenvalue weighted by Gasteiger charge is -1.97. The van der Waals surface area contributed by atoms with Crippen LogP contribution in [-0.4, -0.2) is 20.7 Å². The van der Waals surface area contributed by atoms with Gasteiger partial charge in [-0.25, -0.2) is 4.98 Å². The molecule has 0 fully saturated rings. The van der Waals surface area contributed by atoms with Crippen LogP contribution in [0.3, 0.4) is 0 Å². The van der Waals surface area contributed by atoms with Crippen LogP contribution >= 0.6 is 15.9 Å². The molecule has 4 heteroatoms. The molecule has 1 aromatic carbocycles. The van der Waals surface area contributed by atoms with Crippen LogP contribution < -0.4 is 0 Å². The van der Waals surface area contributed by atoms with Crippen molar-refractivity contribution in [1.29, 1.82) is 0 Å². The predicted octanol–water partition coefficient (Wildman–Crippen LogP) is 2.15. The summed E-state index contributed by atoms with van der Waals surface area (Å²) in [7, 11) is 1.85. The second kappa shape index (κ2) is 3.53. The third-order valence-corrected chi connectivity index (χ3v) is 2.67. The number of fused-ring (bicyclic) bond motifs is 1. The van der Waals surface area contributed by atoms with Crippen LogP contribution in [0.15, 0.2) is 24.3 Å². The van der Waals surface area contributed by atoms with Crippen molar-refractivity contribution >= 4 is 32.7 Å². The Morgan fingerprint density at radius 2 is 2.21 bits per heavy atom. The first kappa shape index (κ1) is 9.40. The second-order valence-electron chi connectivity index (χ2n) is 3.04. The fourth-order valence-corrected chi connectivity index (χ4v) is 1.71. The summed E-state index contributed by atoms with van der Waals surface area (Å²) >= 11 is 3.14. The maximum absolute atomic E-state index is 11.5. The third-order valence-electron chi connectivity index (χ3n) is 2.16. The van der Waals surface area contributed by atoms with E-state index >= 15 is 0 Å². The highest BCUT2D eigenvalue weighted by Gasteiger charge is 2.12. The molecule has 2 aromatic rings. The molecular weight excluding hydrogens is 244 g/mol. The first-order valence-corrected chi connectivity index (χ1v) is 5.37. The molecule has 0 unspecified atom stereocenters. The van der Waals surface area contributed by atoms with E-state index in [0.29, 0.717) is 11.2 Å². The molecule has 0 bridgehead atoms. The number of halogens is 1. The fourth-order valence-electron chi connectivity index (χ4n) is 1.45. The number of aryl methyl sites for hydroxylation is 1. The number of carbonyl (C=O) groups excluding carboxylic acids is 1. The fraction of sp³-hybridized carbons (Fsp3) is 0.200. The van der Waals surface area contributed by atoms with Gasteiger partial charge in [-0.2, -0.15) is 0 Å². The summed E-state index contributed by atoms with van der Waals surface area (Å²) < 4.78 is 1.82. The smallest absolute Gasteiger partial charge is 0.208 e. The Balaban J connectivity index is 2.68. The molecule has 0 saturated carbocycles. The van der Waals surface area contributed by atoms with Crippen molar-refractivity contribution in [3.63, 3.8) is 0 Å². The van der Waals surface area contributed by atoms with E-state index in [0.717, 1.165) is 11.0 Å². The number of rotatable bonds is 2. The molecule has 1 heterocycles. The number of imidazole rings is 1. The van der Waals surface area contributed by atoms with E-state index in [2.05, 4.69) is 20.9 Å². The van der Waals surface area contributed by atoms with Crippen molar-refractivity contribution in [2.45, 2.75) is 0 Å². The molecule has 0 spiro atoms. The summed E-state index contributed by atoms with van der Waals surface area (Å²) in [4.78, 5) is 15.7. The molecule has 2 rings (SSSR count). The predicted molar refractivity (Wildman–Crippen MR) is 58.8 cm³/mol. The molecule has 72 valence electrons. The average Bonchev–Trinajstić information content (AvgIpc) is 2.56. The maximum Gasteiger partial charge on any atom is 0.208 e. The van der Waals surface area contributed by atoms with Crippen LogP contribution in [0, 0.1) is 0 Å². The first-order chi connectivity index (χ1) is 6.74. The van der Waals surface area contributed by atoms with Crippen molar-refractivity contribution in [1.82, 2.24) is 9.55 Å². The molecule has 0 atom stereocenters. The molecular formula is C10H9BrN2O. The minimum absolute atomic E-state index is 0.00343. The Bertz CT molecular complexity index is 490. The summed E-state index contributed by atoms with van der Waals surface area (Å²) in [5.74, 6) is 0.506. The van der Waals surface area contributed by atoms with Gasteiger partial charge in [0.15, 0.2) is 5.82 Å². The summed E-state index contributed by atoms with van der Waals surface area (Å²) in [6, 6.07) is 7.71. The number of para-hydroxylation sites is 2. The number of benzene rings is 1. The van der Waals surface area contributed by atoms with Crippen LogP contribution in [-0.2, 0) is 7.05 Å². The van der Waals surface area contributed by atoms with Crippen LogP contribution in [0.1, 0.15) is 10.6 Å². The van der Waals surface area contributed by atoms with Crippen molar-refractivity contribution in [3.05, 3.63) is 30.1 Å². The van der Waals surface area contributed by atoms with Crippen LogP contribution in [0.5, 0.6) is 0 Å². The van der Waals surface area contributed by atoms with E-state index in [9.17, 15) is 4.79 Å². The van der Waals surface area contributed by atoms with Gasteiger partial charge in [0.1, 0.15) is 0 Å². The van der Waals surface area contributed by atoms with E-state index in [4.69, 9.17) is 0 Å². The molecule has 0 saturated heterocycles. The lowest BCUT2D eigenvalue weighted by atomic mass is 10.3. The Morgan fingerprint density at radius 1 is 1.50 bits per heavy atom. The highest BCUT2D eigenvalue weighted by Crippen LogP contribution is 2.14. The molecule has 0 aliphatic rings. The van der Waals surface area contributed by atoms with E-state index in [1.807, 2.05) is 35.9 Å². The first-order valence-electron chi connectivity index (χ1n) is 4.24. The van der Waals surface area contributed by atoms with Crippen molar-refractivity contribution in [3.8, 4) is 0 Å². The number of ketones is 1. The number of aromatic nitrogens is 2. The van der Waals surface area contributed by atoms with Crippen molar-refractivity contribution in [2.24, 2.45) is 7.05 Å². The monoisotopic (exact) mass is 252 g/mol. The number of alkyl halides is 1. The summed E-state index contributed by atoms with van der Waals surface area (Å²) in [5.41, 5.74) is 1.84. The lowest BCUT2D eigenvalue weighted by Crippen LogP contribution is -2.08. The third kappa shape index (κ3) is 1.35. The van der Waals surface area contributed by atoms with Gasteiger partial charge in [-0.15, -0.1) is 0 Å². The van der Waals surface area contributed by atoms with Crippen LogP contribution in [0.4, 0.5) is 0 Å². The number of hydrogen-bond donors (Lipinski definition) is 0. The summed E-state index contributed by atoms with van der Waals surface area (Å²) in [6.07, 6.45) is 0. The summed E-state index contributed by atoms with van der Waals surface area (Å²) in [6.45, 7) is 0. The molecule has 14 heavy (non-hydrogen) atoms. The highest BCUT2D eigenvalue weighted by atomic mass is 79.9. The maximum atomic E-state index is 11.5. The van der Waals surface area contributed by atoms with E-state index in [1.54, 1.807) is 0 Å². The Morgan fingerprint density at radius 3 is 2.86 bits per heavy atom. The van der Waals surface area contributed by atoms with Gasteiger partial charge < -0.3 is 4.57 Å². The Hall–Kier alpha value is -1.16. The van der Waals surface area contributed by atoms with Gasteiger partial charge in [0.2, 0.25) is 5.78 Å². The molecule has 0 N–H and O–H groups in total. The van der Waals surface area contributed by atoms with Gasteiger partial charge in [0.25, 0.3) is 0 Å². The SMILES string of the molecule is Cn1c(C(=O)CBr)nc2ccccc21. The van der Waals surface area contributed by atoms with Crippen molar-refractivity contribution < 1.29 is 4.79 Å². The minimum Gasteiger partial charge on any atom is -0.325 e. The quantitative estimate of drug-likeness (QED) is 0.607. The van der Waals surface area contributed by atoms with Gasteiger partial charge in [-0.05, 0) is 12.1 Å². The number of hydrogen-bond acceptors (Lipinski definition) is 2. The van der Waals surface area contributed by atoms with Gasteiger partial charge in [-0.3, -0.25) is 4.79 Å². The number of nitrogens with zero attached hydrogens (tertiary/aromatic N) is 2. The largest absolute Gasteiger partial charge is 0.325 e. The molecule has 0 aliphatic heterocycles. The molecule has 0 amide bonds. The van der Waals surface area contributed by atoms with Gasteiger partial charge in [0, 0.05) is 7.05 Å². The minimum atomic E-state index is 0.00343. The molecule has 0 aliphatic carbocycles. The van der Waals surface area contributed by atoms with Crippen LogP contribution in [0.25, 0.3) is 11.0 Å². The zero-order valence-corrected chi connectivity index (χ0v) is 9.28. The lowest BCUT2D eigenvalue weighted by molar-refractivity contribution is 0.101. The van der Waals surface area contributed by atoms with E-state index < -0.39 is 0 Å². The molecule has 0 radical (unpaired) electrons. The van der Waals surface area contributed by atoms with Gasteiger partial charge >= 0.3 is 0 Å². The topological polar surface area (TPSA) is 34.9 Å². The Kier molecular flexibility index (Phi) is 2.37. The standard InChI is InChI=1S/C10H9BrN2O/c1-13-8-5-3-2-4-7(8)12-10(13)9(14)6-11/h2-5H,6H2,1H3. The van der Waals surface area contributed by atoms with Crippen molar-refractivity contribution in [2.75, 3.05) is 5.33 Å². The summed E-state index contributed by atoms with van der Waals surface area (Å²) in [5, 5.41) is 0.310. The normalized spacial score (nSPS) is 10.7. The van der Waals surface area contributed by atoms with E-state index in [1.165, 1.54) is 0 Å². The molecule has 3 nitrogen and oxygen atoms in total. The highest BCUT2D eigenvalue weighted by molar-refractivity contribution is 9.09. The van der Waals surface area contributed by atoms with E-state index in [-0.39, 0.29) is 5.78 Å². The zero-order chi connectivity index (χ0) is 10.1. The van der Waals surface area contributed by atoms with Gasteiger partial charge in [-0.1, -0.05) is 28.1 Å². The van der Waals surface area contributed by atoms with Gasteiger partial charge in [0.05, 0.1) is 16.4 Å². The van der Waals surface area contributed by atoms with Crippen LogP contribution in [0.2, 0.25) is 0 Å². The zero-order valence-electron chi connectivity index (χ0n) is 7.70. The number of carbonyl (C=O) groups is 1. The second-order valence-corrected chi connectivity index (χ2v) is 3.60. The number of Topliss-reactive ketones (excluding diaryl/α,β-unsaturated/α-hetero) is 1. The molecule has 1 aromatic heterocycles. The Labute approximate surface area is 89.9 Å².